The van der Waals surface area contributed by atoms with Gasteiger partial charge in [-0.05, 0) is 0 Å². The van der Waals surface area contributed by atoms with Crippen LogP contribution in [0.25, 0.3) is 0 Å². The van der Waals surface area contributed by atoms with Crippen LogP contribution in [0.3, 0.4) is 0 Å². The number of aromatic nitrogens is 2. The zero-order valence-corrected chi connectivity index (χ0v) is 10.2. The van der Waals surface area contributed by atoms with Gasteiger partial charge in [0.05, 0.1) is 25.4 Å². The lowest BCUT2D eigenvalue weighted by Gasteiger charge is -2.15. The number of nitrogens with one attached hydrogen (secondary N) is 1. The molecule has 0 aliphatic carbocycles. The number of alkyl halides is 3. The summed E-state index contributed by atoms with van der Waals surface area (Å²) in [6.07, 6.45) is -3.12. The van der Waals surface area contributed by atoms with Crippen molar-refractivity contribution >= 4 is 11.9 Å². The fourth-order valence-electron chi connectivity index (χ4n) is 1.36. The first-order valence-electron chi connectivity index (χ1n) is 5.18. The fraction of sp³-hybridized carbons (Fsp3) is 0.500. The molecule has 0 radical (unpaired) electrons. The predicted octanol–water partition coefficient (Wildman–Crippen LogP) is 0.580. The maximum atomic E-state index is 12.4. The molecule has 1 rings (SSSR count). The van der Waals surface area contributed by atoms with E-state index in [9.17, 15) is 22.8 Å². The van der Waals surface area contributed by atoms with Crippen LogP contribution in [0.4, 0.5) is 13.2 Å². The minimum Gasteiger partial charge on any atom is -0.467 e. The summed E-state index contributed by atoms with van der Waals surface area (Å²) < 4.78 is 42.4. The molecule has 0 saturated heterocycles. The highest BCUT2D eigenvalue weighted by atomic mass is 19.4. The number of hydrogen-bond donors (Lipinski definition) is 1. The SMILES string of the molecule is COC(=O)C(Cn1cc(C(F)(F)F)cn1)NC(C)=O. The Bertz CT molecular complexity index is 470. The molecule has 6 nitrogen and oxygen atoms in total. The van der Waals surface area contributed by atoms with E-state index in [0.717, 1.165) is 18.0 Å². The van der Waals surface area contributed by atoms with Crippen molar-refractivity contribution in [3.63, 3.8) is 0 Å². The van der Waals surface area contributed by atoms with Crippen LogP contribution in [-0.2, 0) is 27.0 Å². The van der Waals surface area contributed by atoms with E-state index in [4.69, 9.17) is 0 Å². The predicted molar refractivity (Wildman–Crippen MR) is 56.8 cm³/mol. The normalized spacial score (nSPS) is 12.9. The Hall–Kier alpha value is -2.06. The average molecular weight is 279 g/mol. The highest BCUT2D eigenvalue weighted by Gasteiger charge is 2.32. The number of rotatable bonds is 4. The molecule has 106 valence electrons. The van der Waals surface area contributed by atoms with Crippen LogP contribution in [0.15, 0.2) is 12.4 Å². The third-order valence-electron chi connectivity index (χ3n) is 2.19. The minimum absolute atomic E-state index is 0.248. The molecule has 1 aromatic heterocycles. The highest BCUT2D eigenvalue weighted by molar-refractivity contribution is 5.83. The number of esters is 1. The Morgan fingerprint density at radius 2 is 2.16 bits per heavy atom. The highest BCUT2D eigenvalue weighted by Crippen LogP contribution is 2.28. The smallest absolute Gasteiger partial charge is 0.419 e. The number of halogens is 3. The van der Waals surface area contributed by atoms with Gasteiger partial charge in [-0.1, -0.05) is 0 Å². The molecule has 0 aromatic carbocycles. The lowest BCUT2D eigenvalue weighted by molar-refractivity contribution is -0.145. The zero-order chi connectivity index (χ0) is 14.6. The molecule has 9 heteroatoms. The Kier molecular flexibility index (Phi) is 4.52. The van der Waals surface area contributed by atoms with E-state index in [0.29, 0.717) is 6.20 Å². The molecule has 1 amide bonds. The molecule has 0 bridgehead atoms. The van der Waals surface area contributed by atoms with E-state index in [1.54, 1.807) is 0 Å². The molecule has 0 aliphatic rings. The summed E-state index contributed by atoms with van der Waals surface area (Å²) >= 11 is 0. The monoisotopic (exact) mass is 279 g/mol. The Morgan fingerprint density at radius 3 is 2.58 bits per heavy atom. The first-order chi connectivity index (χ1) is 8.74. The van der Waals surface area contributed by atoms with Crippen molar-refractivity contribution in [1.29, 1.82) is 0 Å². The van der Waals surface area contributed by atoms with Crippen molar-refractivity contribution in [1.82, 2.24) is 15.1 Å². The van der Waals surface area contributed by atoms with Gasteiger partial charge in [-0.25, -0.2) is 4.79 Å². The number of ether oxygens (including phenoxy) is 1. The Balaban J connectivity index is 2.82. The quantitative estimate of drug-likeness (QED) is 0.818. The number of nitrogens with zero attached hydrogens (tertiary/aromatic N) is 2. The van der Waals surface area contributed by atoms with Crippen molar-refractivity contribution < 1.29 is 27.5 Å². The number of methoxy groups -OCH3 is 1. The molecule has 19 heavy (non-hydrogen) atoms. The molecule has 1 unspecified atom stereocenters. The number of hydrogen-bond acceptors (Lipinski definition) is 4. The van der Waals surface area contributed by atoms with Crippen molar-refractivity contribution in [2.75, 3.05) is 7.11 Å². The van der Waals surface area contributed by atoms with Crippen LogP contribution in [0.1, 0.15) is 12.5 Å². The van der Waals surface area contributed by atoms with Gasteiger partial charge in [0, 0.05) is 13.1 Å². The van der Waals surface area contributed by atoms with E-state index in [1.165, 1.54) is 6.92 Å². The van der Waals surface area contributed by atoms with Gasteiger partial charge in [0.2, 0.25) is 5.91 Å². The van der Waals surface area contributed by atoms with E-state index >= 15 is 0 Å². The van der Waals surface area contributed by atoms with Gasteiger partial charge in [0.1, 0.15) is 6.04 Å². The number of carbonyl (C=O) groups is 2. The lowest BCUT2D eigenvalue weighted by Crippen LogP contribution is -2.43. The Labute approximate surface area is 106 Å². The zero-order valence-electron chi connectivity index (χ0n) is 10.2. The van der Waals surface area contributed by atoms with Gasteiger partial charge in [-0.15, -0.1) is 0 Å². The van der Waals surface area contributed by atoms with E-state index in [-0.39, 0.29) is 6.54 Å². The van der Waals surface area contributed by atoms with E-state index < -0.39 is 29.7 Å². The summed E-state index contributed by atoms with van der Waals surface area (Å²) in [5.74, 6) is -1.27. The van der Waals surface area contributed by atoms with Crippen molar-refractivity contribution in [3.05, 3.63) is 18.0 Å². The first kappa shape index (κ1) is 15.0. The van der Waals surface area contributed by atoms with Crippen molar-refractivity contribution in [2.45, 2.75) is 25.7 Å². The molecular weight excluding hydrogens is 267 g/mol. The molecule has 0 saturated carbocycles. The number of amides is 1. The van der Waals surface area contributed by atoms with Gasteiger partial charge < -0.3 is 10.1 Å². The van der Waals surface area contributed by atoms with Crippen molar-refractivity contribution in [3.8, 4) is 0 Å². The maximum absolute atomic E-state index is 12.4. The molecular formula is C10H12F3N3O3. The van der Waals surface area contributed by atoms with Crippen LogP contribution in [-0.4, -0.2) is 34.8 Å². The molecule has 1 N–H and O–H groups in total. The third kappa shape index (κ3) is 4.27. The van der Waals surface area contributed by atoms with Gasteiger partial charge in [-0.3, -0.25) is 9.48 Å². The molecule has 1 aromatic rings. The summed E-state index contributed by atoms with van der Waals surface area (Å²) in [7, 11) is 1.11. The van der Waals surface area contributed by atoms with Gasteiger partial charge in [0.15, 0.2) is 0 Å². The van der Waals surface area contributed by atoms with E-state index in [2.05, 4.69) is 15.2 Å². The molecule has 1 atom stereocenters. The van der Waals surface area contributed by atoms with Gasteiger partial charge in [0.25, 0.3) is 0 Å². The van der Waals surface area contributed by atoms with Gasteiger partial charge >= 0.3 is 12.1 Å². The van der Waals surface area contributed by atoms with Crippen LogP contribution in [0.5, 0.6) is 0 Å². The second-order valence-electron chi connectivity index (χ2n) is 3.73. The fourth-order valence-corrected chi connectivity index (χ4v) is 1.36. The van der Waals surface area contributed by atoms with Crippen LogP contribution >= 0.6 is 0 Å². The molecule has 0 aliphatic heterocycles. The standard InChI is InChI=1S/C10H12F3N3O3/c1-6(17)15-8(9(18)19-2)5-16-4-7(3-14-16)10(11,12)13/h3-4,8H,5H2,1-2H3,(H,15,17). The lowest BCUT2D eigenvalue weighted by atomic mass is 10.3. The number of carbonyl (C=O) groups excluding carboxylic acids is 2. The van der Waals surface area contributed by atoms with Crippen LogP contribution < -0.4 is 5.32 Å². The summed E-state index contributed by atoms with van der Waals surface area (Å²) in [6, 6.07) is -1.09. The largest absolute Gasteiger partial charge is 0.467 e. The molecule has 0 spiro atoms. The summed E-state index contributed by atoms with van der Waals surface area (Å²) in [4.78, 5) is 22.3. The minimum atomic E-state index is -4.51. The van der Waals surface area contributed by atoms with Crippen LogP contribution in [0.2, 0.25) is 0 Å². The van der Waals surface area contributed by atoms with E-state index in [1.807, 2.05) is 0 Å². The second kappa shape index (κ2) is 5.72. The first-order valence-corrected chi connectivity index (χ1v) is 5.18. The molecule has 0 fully saturated rings. The van der Waals surface area contributed by atoms with Crippen molar-refractivity contribution in [2.24, 2.45) is 0 Å². The summed E-state index contributed by atoms with van der Waals surface area (Å²) in [5, 5.41) is 5.76. The summed E-state index contributed by atoms with van der Waals surface area (Å²) in [5.41, 5.74) is -0.932. The maximum Gasteiger partial charge on any atom is 0.419 e. The van der Waals surface area contributed by atoms with Crippen LogP contribution in [0, 0.1) is 0 Å². The Morgan fingerprint density at radius 1 is 1.53 bits per heavy atom. The average Bonchev–Trinajstić information content (AvgIpc) is 2.74. The molecule has 1 heterocycles. The van der Waals surface area contributed by atoms with Gasteiger partial charge in [-0.2, -0.15) is 18.3 Å². The topological polar surface area (TPSA) is 73.2 Å². The summed E-state index contributed by atoms with van der Waals surface area (Å²) in [6.45, 7) is 0.933. The second-order valence-corrected chi connectivity index (χ2v) is 3.73. The third-order valence-corrected chi connectivity index (χ3v) is 2.19.